The van der Waals surface area contributed by atoms with Crippen LogP contribution in [0.5, 0.6) is 5.75 Å². The molecule has 1 atom stereocenters. The first-order valence-electron chi connectivity index (χ1n) is 10.2. The first kappa shape index (κ1) is 22.5. The number of benzene rings is 2. The monoisotopic (exact) mass is 426 g/mol. The first-order valence-corrected chi connectivity index (χ1v) is 10.2. The van der Waals surface area contributed by atoms with Crippen LogP contribution < -0.4 is 4.74 Å². The van der Waals surface area contributed by atoms with E-state index in [9.17, 15) is 19.1 Å². The molecule has 1 aliphatic heterocycles. The predicted molar refractivity (Wildman–Crippen MR) is 116 cm³/mol. The van der Waals surface area contributed by atoms with Crippen molar-refractivity contribution in [2.45, 2.75) is 19.9 Å². The Hall–Kier alpha value is -3.19. The molecular weight excluding hydrogens is 399 g/mol. The molecule has 1 amide bonds. The molecule has 0 spiro atoms. The zero-order valence-corrected chi connectivity index (χ0v) is 18.2. The van der Waals surface area contributed by atoms with E-state index in [1.807, 2.05) is 32.8 Å². The van der Waals surface area contributed by atoms with Crippen molar-refractivity contribution in [3.8, 4) is 5.75 Å². The maximum absolute atomic E-state index is 14.7. The molecule has 1 N–H and O–H groups in total. The number of ether oxygens (including phenoxy) is 1. The van der Waals surface area contributed by atoms with Gasteiger partial charge in [-0.2, -0.15) is 0 Å². The summed E-state index contributed by atoms with van der Waals surface area (Å²) in [5.74, 6) is -1.78. The van der Waals surface area contributed by atoms with Crippen molar-refractivity contribution in [3.05, 3.63) is 70.5 Å². The molecule has 6 nitrogen and oxygen atoms in total. The number of hydrogen-bond donors (Lipinski definition) is 1. The maximum atomic E-state index is 14.7. The maximum Gasteiger partial charge on any atom is 0.295 e. The van der Waals surface area contributed by atoms with Gasteiger partial charge in [-0.25, -0.2) is 4.39 Å². The predicted octanol–water partition coefficient (Wildman–Crippen LogP) is 3.52. The molecular formula is C24H27FN2O4. The molecule has 7 heteroatoms. The second kappa shape index (κ2) is 9.31. The lowest BCUT2D eigenvalue weighted by Crippen LogP contribution is -2.35. The lowest BCUT2D eigenvalue weighted by Gasteiger charge is -2.26. The van der Waals surface area contributed by atoms with E-state index in [2.05, 4.69) is 0 Å². The van der Waals surface area contributed by atoms with Crippen LogP contribution in [-0.4, -0.2) is 60.4 Å². The number of likely N-dealkylation sites (N-methyl/N-ethyl adjacent to an activating group) is 1. The van der Waals surface area contributed by atoms with Crippen LogP contribution in [0, 0.1) is 12.7 Å². The highest BCUT2D eigenvalue weighted by Crippen LogP contribution is 2.40. The molecule has 0 aromatic heterocycles. The molecule has 31 heavy (non-hydrogen) atoms. The van der Waals surface area contributed by atoms with Crippen molar-refractivity contribution in [3.63, 3.8) is 0 Å². The van der Waals surface area contributed by atoms with Crippen molar-refractivity contribution in [2.24, 2.45) is 0 Å². The molecule has 3 rings (SSSR count). The van der Waals surface area contributed by atoms with Crippen LogP contribution in [0.3, 0.4) is 0 Å². The van der Waals surface area contributed by atoms with E-state index in [0.29, 0.717) is 24.5 Å². The summed E-state index contributed by atoms with van der Waals surface area (Å²) in [5, 5.41) is 11.1. The molecule has 0 aliphatic carbocycles. The largest absolute Gasteiger partial charge is 0.507 e. The van der Waals surface area contributed by atoms with E-state index in [-0.39, 0.29) is 23.4 Å². The molecule has 2 aromatic rings. The third kappa shape index (κ3) is 4.46. The number of aliphatic hydroxyl groups is 1. The van der Waals surface area contributed by atoms with Crippen molar-refractivity contribution >= 4 is 17.4 Å². The minimum Gasteiger partial charge on any atom is -0.507 e. The highest BCUT2D eigenvalue weighted by Gasteiger charge is 2.46. The van der Waals surface area contributed by atoms with Crippen LogP contribution in [0.25, 0.3) is 5.76 Å². The number of hydrogen-bond acceptors (Lipinski definition) is 5. The van der Waals surface area contributed by atoms with Gasteiger partial charge in [0, 0.05) is 24.2 Å². The lowest BCUT2D eigenvalue weighted by molar-refractivity contribution is -0.140. The molecule has 0 bridgehead atoms. The quantitative estimate of drug-likeness (QED) is 0.417. The third-order valence-corrected chi connectivity index (χ3v) is 5.28. The molecule has 1 heterocycles. The Morgan fingerprint density at radius 2 is 1.90 bits per heavy atom. The number of aryl methyl sites for hydroxylation is 1. The Morgan fingerprint density at radius 1 is 1.19 bits per heavy atom. The fourth-order valence-electron chi connectivity index (χ4n) is 3.71. The normalized spacial score (nSPS) is 18.1. The Kier molecular flexibility index (Phi) is 6.75. The average molecular weight is 426 g/mol. The molecule has 1 aliphatic rings. The van der Waals surface area contributed by atoms with Crippen molar-refractivity contribution in [1.29, 1.82) is 0 Å². The molecule has 164 valence electrons. The van der Waals surface area contributed by atoms with E-state index in [0.717, 1.165) is 5.56 Å². The van der Waals surface area contributed by atoms with Crippen LogP contribution in [0.15, 0.2) is 48.0 Å². The van der Waals surface area contributed by atoms with Gasteiger partial charge >= 0.3 is 0 Å². The molecule has 1 saturated heterocycles. The summed E-state index contributed by atoms with van der Waals surface area (Å²) >= 11 is 0. The summed E-state index contributed by atoms with van der Waals surface area (Å²) in [6.45, 7) is 4.90. The second-order valence-corrected chi connectivity index (χ2v) is 7.73. The number of aliphatic hydroxyl groups excluding tert-OH is 1. The van der Waals surface area contributed by atoms with E-state index < -0.39 is 23.5 Å². The molecule has 2 aromatic carbocycles. The number of nitrogens with zero attached hydrogens (tertiary/aromatic N) is 2. The van der Waals surface area contributed by atoms with Gasteiger partial charge in [0.1, 0.15) is 17.3 Å². The van der Waals surface area contributed by atoms with Gasteiger partial charge < -0.3 is 19.6 Å². The summed E-state index contributed by atoms with van der Waals surface area (Å²) < 4.78 is 20.3. The van der Waals surface area contributed by atoms with Crippen LogP contribution in [0.2, 0.25) is 0 Å². The van der Waals surface area contributed by atoms with Gasteiger partial charge in [0.15, 0.2) is 0 Å². The fraction of sp³-hybridized carbons (Fsp3) is 0.333. The van der Waals surface area contributed by atoms with Crippen molar-refractivity contribution in [1.82, 2.24) is 9.80 Å². The summed E-state index contributed by atoms with van der Waals surface area (Å²) in [6, 6.07) is 10.0. The minimum atomic E-state index is -1.01. The van der Waals surface area contributed by atoms with Gasteiger partial charge in [-0.15, -0.1) is 0 Å². The van der Waals surface area contributed by atoms with E-state index >= 15 is 0 Å². The van der Waals surface area contributed by atoms with Gasteiger partial charge in [0.2, 0.25) is 0 Å². The van der Waals surface area contributed by atoms with E-state index in [1.165, 1.54) is 17.0 Å². The number of carbonyl (C=O) groups excluding carboxylic acids is 2. The Morgan fingerprint density at radius 3 is 2.52 bits per heavy atom. The fourth-order valence-corrected chi connectivity index (χ4v) is 3.71. The SMILES string of the molecule is CCOc1ccc(/C(O)=C2/C(=O)C(=O)N(CCN(C)C)C2c2ccccc2F)cc1C. The van der Waals surface area contributed by atoms with E-state index in [1.54, 1.807) is 30.3 Å². The van der Waals surface area contributed by atoms with Gasteiger partial charge in [-0.1, -0.05) is 18.2 Å². The zero-order valence-electron chi connectivity index (χ0n) is 18.2. The summed E-state index contributed by atoms with van der Waals surface area (Å²) in [5.41, 5.74) is 1.20. The lowest BCUT2D eigenvalue weighted by atomic mass is 9.94. The first-order chi connectivity index (χ1) is 14.8. The van der Waals surface area contributed by atoms with Gasteiger partial charge in [0.25, 0.3) is 11.7 Å². The van der Waals surface area contributed by atoms with Crippen LogP contribution >= 0.6 is 0 Å². The summed E-state index contributed by atoms with van der Waals surface area (Å²) in [4.78, 5) is 29.0. The van der Waals surface area contributed by atoms with Gasteiger partial charge in [-0.05, 0) is 57.8 Å². The minimum absolute atomic E-state index is 0.114. The van der Waals surface area contributed by atoms with Crippen molar-refractivity contribution < 1.29 is 23.8 Å². The average Bonchev–Trinajstić information content (AvgIpc) is 2.98. The Bertz CT molecular complexity index is 1030. The Labute approximate surface area is 181 Å². The third-order valence-electron chi connectivity index (χ3n) is 5.28. The van der Waals surface area contributed by atoms with Gasteiger partial charge in [0.05, 0.1) is 18.2 Å². The topological polar surface area (TPSA) is 70.1 Å². The summed E-state index contributed by atoms with van der Waals surface area (Å²) in [6.07, 6.45) is 0. The van der Waals surface area contributed by atoms with E-state index in [4.69, 9.17) is 4.74 Å². The zero-order chi connectivity index (χ0) is 22.7. The molecule has 0 radical (unpaired) electrons. The number of halogens is 1. The number of rotatable bonds is 7. The highest BCUT2D eigenvalue weighted by atomic mass is 19.1. The van der Waals surface area contributed by atoms with Crippen molar-refractivity contribution in [2.75, 3.05) is 33.8 Å². The molecule has 0 saturated carbocycles. The number of amides is 1. The van der Waals surface area contributed by atoms with Crippen LogP contribution in [0.4, 0.5) is 4.39 Å². The number of Topliss-reactive ketones (excluding diaryl/α,β-unsaturated/α-hetero) is 1. The smallest absolute Gasteiger partial charge is 0.295 e. The Balaban J connectivity index is 2.15. The molecule has 1 fully saturated rings. The van der Waals surface area contributed by atoms with Crippen LogP contribution in [0.1, 0.15) is 29.7 Å². The van der Waals surface area contributed by atoms with Crippen LogP contribution in [-0.2, 0) is 9.59 Å². The highest BCUT2D eigenvalue weighted by molar-refractivity contribution is 6.46. The number of likely N-dealkylation sites (tertiary alicyclic amines) is 1. The number of carbonyl (C=O) groups is 2. The standard InChI is InChI=1S/C24H27FN2O4/c1-5-31-19-11-10-16(14-15(19)2)22(28)20-21(17-8-6-7-9-18(17)25)27(13-12-26(3)4)24(30)23(20)29/h6-11,14,21,28H,5,12-13H2,1-4H3/b22-20-. The molecule has 1 unspecified atom stereocenters. The second-order valence-electron chi connectivity index (χ2n) is 7.73. The number of ketones is 1. The summed E-state index contributed by atoms with van der Waals surface area (Å²) in [7, 11) is 3.69. The van der Waals surface area contributed by atoms with Gasteiger partial charge in [-0.3, -0.25) is 9.59 Å².